The van der Waals surface area contributed by atoms with Gasteiger partial charge in [-0.05, 0) is 36.4 Å². The highest BCUT2D eigenvalue weighted by Gasteiger charge is 2.19. The van der Waals surface area contributed by atoms with Crippen molar-refractivity contribution in [2.75, 3.05) is 50.7 Å². The average Bonchev–Trinajstić information content (AvgIpc) is 3.23. The number of methoxy groups -OCH3 is 2. The third kappa shape index (κ3) is 3.95. The van der Waals surface area contributed by atoms with Gasteiger partial charge in [0.15, 0.2) is 0 Å². The molecule has 4 rings (SSSR count). The number of nitrogens with zero attached hydrogens (tertiary/aromatic N) is 1. The first-order chi connectivity index (χ1) is 14.6. The Labute approximate surface area is 173 Å². The number of benzene rings is 2. The zero-order chi connectivity index (χ0) is 21.1. The Hall–Kier alpha value is -3.52. The van der Waals surface area contributed by atoms with Crippen LogP contribution < -0.4 is 15.0 Å². The second kappa shape index (κ2) is 8.46. The lowest BCUT2D eigenvalue weighted by Crippen LogP contribution is -2.36. The van der Waals surface area contributed by atoms with Crippen LogP contribution in [0.25, 0.3) is 10.9 Å². The van der Waals surface area contributed by atoms with E-state index in [2.05, 4.69) is 15.2 Å². The van der Waals surface area contributed by atoms with Crippen LogP contribution in [0.3, 0.4) is 0 Å². The molecule has 2 N–H and O–H groups in total. The first-order valence-electron chi connectivity index (χ1n) is 9.62. The number of carbonyl (C=O) groups excluding carboxylic acids is 2. The first-order valence-corrected chi connectivity index (χ1v) is 9.62. The Kier molecular flexibility index (Phi) is 5.58. The Morgan fingerprint density at radius 1 is 1.07 bits per heavy atom. The first kappa shape index (κ1) is 19.8. The molecule has 8 heteroatoms. The molecule has 1 fully saturated rings. The highest BCUT2D eigenvalue weighted by atomic mass is 16.5. The number of ether oxygens (including phenoxy) is 3. The Balaban J connectivity index is 1.61. The van der Waals surface area contributed by atoms with E-state index in [9.17, 15) is 9.59 Å². The maximum absolute atomic E-state index is 12.8. The Bertz CT molecular complexity index is 1090. The van der Waals surface area contributed by atoms with E-state index in [0.29, 0.717) is 35.9 Å². The number of hydrogen-bond donors (Lipinski definition) is 2. The maximum Gasteiger partial charge on any atom is 0.340 e. The van der Waals surface area contributed by atoms with Crippen molar-refractivity contribution in [3.05, 3.63) is 53.7 Å². The minimum atomic E-state index is -0.512. The van der Waals surface area contributed by atoms with E-state index in [1.807, 2.05) is 24.3 Å². The number of aromatic amines is 1. The molecule has 156 valence electrons. The van der Waals surface area contributed by atoms with Gasteiger partial charge in [0.05, 0.1) is 38.7 Å². The van der Waals surface area contributed by atoms with E-state index in [1.165, 1.54) is 7.11 Å². The van der Waals surface area contributed by atoms with Gasteiger partial charge in [-0.15, -0.1) is 0 Å². The number of carbonyl (C=O) groups is 2. The fraction of sp³-hybridized carbons (Fsp3) is 0.273. The van der Waals surface area contributed by atoms with E-state index in [1.54, 1.807) is 25.3 Å². The molecule has 0 atom stereocenters. The van der Waals surface area contributed by atoms with Crippen LogP contribution in [0.5, 0.6) is 5.75 Å². The second-order valence-electron chi connectivity index (χ2n) is 6.91. The van der Waals surface area contributed by atoms with Crippen molar-refractivity contribution in [3.8, 4) is 5.75 Å². The van der Waals surface area contributed by atoms with Gasteiger partial charge in [0, 0.05) is 35.7 Å². The molecule has 1 saturated heterocycles. The van der Waals surface area contributed by atoms with E-state index < -0.39 is 5.97 Å². The Morgan fingerprint density at radius 2 is 1.87 bits per heavy atom. The van der Waals surface area contributed by atoms with Crippen molar-refractivity contribution in [3.63, 3.8) is 0 Å². The second-order valence-corrected chi connectivity index (χ2v) is 6.91. The Morgan fingerprint density at radius 3 is 2.60 bits per heavy atom. The van der Waals surface area contributed by atoms with Crippen LogP contribution in [0.4, 0.5) is 11.4 Å². The molecule has 0 saturated carbocycles. The molecule has 2 aromatic carbocycles. The van der Waals surface area contributed by atoms with Gasteiger partial charge in [0.2, 0.25) is 0 Å². The number of H-pyrrole nitrogens is 1. The largest absolute Gasteiger partial charge is 0.497 e. The lowest BCUT2D eigenvalue weighted by atomic mass is 10.1. The van der Waals surface area contributed by atoms with Crippen LogP contribution in [0, 0.1) is 0 Å². The van der Waals surface area contributed by atoms with Crippen molar-refractivity contribution < 1.29 is 23.8 Å². The molecule has 0 spiro atoms. The number of aromatic nitrogens is 1. The van der Waals surface area contributed by atoms with Crippen LogP contribution in [0.15, 0.2) is 42.5 Å². The molecule has 1 aromatic heterocycles. The monoisotopic (exact) mass is 409 g/mol. The number of anilines is 2. The molecule has 8 nitrogen and oxygen atoms in total. The van der Waals surface area contributed by atoms with E-state index in [-0.39, 0.29) is 5.91 Å². The number of amides is 1. The van der Waals surface area contributed by atoms with Crippen molar-refractivity contribution >= 4 is 34.2 Å². The minimum Gasteiger partial charge on any atom is -0.497 e. The normalized spacial score (nSPS) is 13.9. The van der Waals surface area contributed by atoms with E-state index in [0.717, 1.165) is 29.7 Å². The molecule has 1 amide bonds. The van der Waals surface area contributed by atoms with Crippen molar-refractivity contribution in [2.24, 2.45) is 0 Å². The van der Waals surface area contributed by atoms with Gasteiger partial charge >= 0.3 is 5.97 Å². The summed E-state index contributed by atoms with van der Waals surface area (Å²) in [6.07, 6.45) is 0. The van der Waals surface area contributed by atoms with Crippen LogP contribution in [0.1, 0.15) is 20.8 Å². The van der Waals surface area contributed by atoms with Gasteiger partial charge in [-0.25, -0.2) is 4.79 Å². The van der Waals surface area contributed by atoms with Crippen molar-refractivity contribution in [1.29, 1.82) is 0 Å². The summed E-state index contributed by atoms with van der Waals surface area (Å²) in [5.74, 6) is -0.167. The summed E-state index contributed by atoms with van der Waals surface area (Å²) < 4.78 is 15.5. The average molecular weight is 409 g/mol. The lowest BCUT2D eigenvalue weighted by molar-refractivity contribution is 0.0602. The molecule has 3 aromatic rings. The number of rotatable bonds is 5. The summed E-state index contributed by atoms with van der Waals surface area (Å²) in [5, 5.41) is 3.70. The number of hydrogen-bond acceptors (Lipinski definition) is 6. The zero-order valence-electron chi connectivity index (χ0n) is 16.9. The van der Waals surface area contributed by atoms with Gasteiger partial charge in [-0.2, -0.15) is 0 Å². The molecule has 0 unspecified atom stereocenters. The molecular formula is C22H23N3O5. The number of esters is 1. The lowest BCUT2D eigenvalue weighted by Gasteiger charge is -2.29. The zero-order valence-corrected chi connectivity index (χ0v) is 16.9. The van der Waals surface area contributed by atoms with E-state index >= 15 is 0 Å². The SMILES string of the molecule is COC(=O)c1cc(N2CCOCC2)ccc1NC(=O)c1cc2ccc(OC)cc2[nH]1. The molecule has 2 heterocycles. The van der Waals surface area contributed by atoms with Crippen LogP contribution in [0.2, 0.25) is 0 Å². The fourth-order valence-corrected chi connectivity index (χ4v) is 3.48. The standard InChI is InChI=1S/C22H23N3O5/c1-28-16-5-3-14-11-20(23-19(14)13-16)21(26)24-18-6-4-15(12-17(18)22(27)29-2)25-7-9-30-10-8-25/h3-6,11-13,23H,7-10H2,1-2H3,(H,24,26). The summed E-state index contributed by atoms with van der Waals surface area (Å²) in [6, 6.07) is 12.6. The molecular weight excluding hydrogens is 386 g/mol. The van der Waals surface area contributed by atoms with Crippen LogP contribution >= 0.6 is 0 Å². The van der Waals surface area contributed by atoms with Crippen LogP contribution in [-0.4, -0.2) is 57.4 Å². The third-order valence-corrected chi connectivity index (χ3v) is 5.11. The summed E-state index contributed by atoms with van der Waals surface area (Å²) in [5.41, 5.74) is 2.74. The van der Waals surface area contributed by atoms with Gasteiger partial charge < -0.3 is 29.4 Å². The highest BCUT2D eigenvalue weighted by molar-refractivity contribution is 6.09. The molecule has 1 aliphatic rings. The van der Waals surface area contributed by atoms with Gasteiger partial charge in [0.25, 0.3) is 5.91 Å². The number of morpholine rings is 1. The third-order valence-electron chi connectivity index (χ3n) is 5.11. The van der Waals surface area contributed by atoms with E-state index in [4.69, 9.17) is 14.2 Å². The summed E-state index contributed by atoms with van der Waals surface area (Å²) in [4.78, 5) is 30.4. The summed E-state index contributed by atoms with van der Waals surface area (Å²) >= 11 is 0. The number of fused-ring (bicyclic) bond motifs is 1. The van der Waals surface area contributed by atoms with Gasteiger partial charge in [-0.1, -0.05) is 0 Å². The van der Waals surface area contributed by atoms with Gasteiger partial charge in [0.1, 0.15) is 11.4 Å². The van der Waals surface area contributed by atoms with Gasteiger partial charge in [-0.3, -0.25) is 4.79 Å². The molecule has 0 bridgehead atoms. The number of nitrogens with one attached hydrogen (secondary N) is 2. The topological polar surface area (TPSA) is 92.9 Å². The van der Waals surface area contributed by atoms with Crippen molar-refractivity contribution in [1.82, 2.24) is 4.98 Å². The van der Waals surface area contributed by atoms with Crippen LogP contribution in [-0.2, 0) is 9.47 Å². The molecule has 0 aliphatic carbocycles. The predicted molar refractivity (Wildman–Crippen MR) is 114 cm³/mol. The maximum atomic E-state index is 12.8. The highest BCUT2D eigenvalue weighted by Crippen LogP contribution is 2.26. The summed E-state index contributed by atoms with van der Waals surface area (Å²) in [7, 11) is 2.91. The predicted octanol–water partition coefficient (Wildman–Crippen LogP) is 3.05. The quantitative estimate of drug-likeness (QED) is 0.629. The summed E-state index contributed by atoms with van der Waals surface area (Å²) in [6.45, 7) is 2.75. The molecule has 1 aliphatic heterocycles. The molecule has 0 radical (unpaired) electrons. The molecule has 30 heavy (non-hydrogen) atoms. The fourth-order valence-electron chi connectivity index (χ4n) is 3.48. The smallest absolute Gasteiger partial charge is 0.340 e. The minimum absolute atomic E-state index is 0.299. The van der Waals surface area contributed by atoms with Crippen molar-refractivity contribution in [2.45, 2.75) is 0 Å².